The van der Waals surface area contributed by atoms with Crippen molar-refractivity contribution in [1.29, 1.82) is 0 Å². The number of hydrogen-bond donors (Lipinski definition) is 1. The molecule has 2 aromatic heterocycles. The van der Waals surface area contributed by atoms with Crippen molar-refractivity contribution >= 4 is 33.9 Å². The van der Waals surface area contributed by atoms with E-state index in [1.807, 2.05) is 11.3 Å². The van der Waals surface area contributed by atoms with Crippen LogP contribution in [0.4, 0.5) is 0 Å². The normalized spacial score (nSPS) is 18.5. The summed E-state index contributed by atoms with van der Waals surface area (Å²) in [6.45, 7) is 3.84. The van der Waals surface area contributed by atoms with Gasteiger partial charge in [-0.2, -0.15) is 0 Å². The minimum absolute atomic E-state index is 0.477. The molecule has 1 aliphatic rings. The van der Waals surface area contributed by atoms with Crippen LogP contribution in [0.1, 0.15) is 42.1 Å². The Kier molecular flexibility index (Phi) is 4.18. The summed E-state index contributed by atoms with van der Waals surface area (Å²) in [6, 6.07) is 2.81. The average Bonchev–Trinajstić information content (AvgIpc) is 3.00. The summed E-state index contributed by atoms with van der Waals surface area (Å²) in [5, 5.41) is 11.8. The SMILES string of the molecule is CCn1cnnc1CNC1CCCc2sc(I)cc21. The molecule has 0 radical (unpaired) electrons. The van der Waals surface area contributed by atoms with Gasteiger partial charge in [0.2, 0.25) is 0 Å². The first kappa shape index (κ1) is 13.5. The molecule has 102 valence electrons. The van der Waals surface area contributed by atoms with Crippen molar-refractivity contribution in [2.24, 2.45) is 0 Å². The fourth-order valence-electron chi connectivity index (χ4n) is 2.63. The van der Waals surface area contributed by atoms with Gasteiger partial charge >= 0.3 is 0 Å². The van der Waals surface area contributed by atoms with Gasteiger partial charge in [0.1, 0.15) is 12.2 Å². The van der Waals surface area contributed by atoms with Crippen LogP contribution in [0, 0.1) is 2.88 Å². The zero-order chi connectivity index (χ0) is 13.2. The molecule has 0 spiro atoms. The number of aromatic nitrogens is 3. The third-order valence-electron chi connectivity index (χ3n) is 3.63. The maximum Gasteiger partial charge on any atom is 0.146 e. The highest BCUT2D eigenvalue weighted by Crippen LogP contribution is 2.36. The predicted octanol–water partition coefficient (Wildman–Crippen LogP) is 3.13. The lowest BCUT2D eigenvalue weighted by atomic mass is 9.94. The van der Waals surface area contributed by atoms with Crippen molar-refractivity contribution < 1.29 is 0 Å². The lowest BCUT2D eigenvalue weighted by molar-refractivity contribution is 0.450. The van der Waals surface area contributed by atoms with E-state index < -0.39 is 0 Å². The largest absolute Gasteiger partial charge is 0.317 e. The predicted molar refractivity (Wildman–Crippen MR) is 85.3 cm³/mol. The van der Waals surface area contributed by atoms with E-state index in [4.69, 9.17) is 0 Å². The fraction of sp³-hybridized carbons (Fsp3) is 0.538. The third kappa shape index (κ3) is 2.85. The molecule has 1 unspecified atom stereocenters. The summed E-state index contributed by atoms with van der Waals surface area (Å²) in [7, 11) is 0. The average molecular weight is 388 g/mol. The van der Waals surface area contributed by atoms with Gasteiger partial charge < -0.3 is 9.88 Å². The number of thiophene rings is 1. The maximum atomic E-state index is 4.18. The van der Waals surface area contributed by atoms with Crippen molar-refractivity contribution in [1.82, 2.24) is 20.1 Å². The minimum atomic E-state index is 0.477. The molecule has 1 N–H and O–H groups in total. The van der Waals surface area contributed by atoms with E-state index in [0.717, 1.165) is 18.9 Å². The Balaban J connectivity index is 1.71. The zero-order valence-corrected chi connectivity index (χ0v) is 13.9. The molecular formula is C13H17IN4S. The number of halogens is 1. The van der Waals surface area contributed by atoms with E-state index in [2.05, 4.69) is 55.7 Å². The van der Waals surface area contributed by atoms with Gasteiger partial charge in [-0.05, 0) is 60.4 Å². The van der Waals surface area contributed by atoms with E-state index in [1.54, 1.807) is 11.2 Å². The van der Waals surface area contributed by atoms with Gasteiger partial charge in [-0.25, -0.2) is 0 Å². The molecule has 2 aromatic rings. The summed E-state index contributed by atoms with van der Waals surface area (Å²) in [6.07, 6.45) is 5.55. The molecule has 4 nitrogen and oxygen atoms in total. The molecular weight excluding hydrogens is 371 g/mol. The van der Waals surface area contributed by atoms with Crippen molar-refractivity contribution in [2.75, 3.05) is 0 Å². The third-order valence-corrected chi connectivity index (χ3v) is 5.60. The van der Waals surface area contributed by atoms with Gasteiger partial charge in [0.25, 0.3) is 0 Å². The van der Waals surface area contributed by atoms with Crippen molar-refractivity contribution in [3.05, 3.63) is 31.5 Å². The molecule has 0 saturated heterocycles. The summed E-state index contributed by atoms with van der Waals surface area (Å²) in [5.41, 5.74) is 1.50. The highest BCUT2D eigenvalue weighted by molar-refractivity contribution is 14.1. The van der Waals surface area contributed by atoms with Crippen LogP contribution in [0.3, 0.4) is 0 Å². The van der Waals surface area contributed by atoms with E-state index >= 15 is 0 Å². The molecule has 6 heteroatoms. The summed E-state index contributed by atoms with van der Waals surface area (Å²) < 4.78 is 3.49. The van der Waals surface area contributed by atoms with Crippen LogP contribution >= 0.6 is 33.9 Å². The van der Waals surface area contributed by atoms with Crippen LogP contribution < -0.4 is 5.32 Å². The highest BCUT2D eigenvalue weighted by Gasteiger charge is 2.22. The Bertz CT molecular complexity index is 563. The molecule has 19 heavy (non-hydrogen) atoms. The van der Waals surface area contributed by atoms with Gasteiger partial charge in [0.15, 0.2) is 0 Å². The van der Waals surface area contributed by atoms with Crippen molar-refractivity contribution in [3.8, 4) is 0 Å². The van der Waals surface area contributed by atoms with E-state index in [1.165, 1.54) is 27.7 Å². The molecule has 0 amide bonds. The Morgan fingerprint density at radius 2 is 2.47 bits per heavy atom. The maximum absolute atomic E-state index is 4.18. The van der Waals surface area contributed by atoms with Crippen LogP contribution in [-0.4, -0.2) is 14.8 Å². The van der Waals surface area contributed by atoms with E-state index in [0.29, 0.717) is 6.04 Å². The smallest absolute Gasteiger partial charge is 0.146 e. The Labute approximate surface area is 130 Å². The van der Waals surface area contributed by atoms with Crippen molar-refractivity contribution in [2.45, 2.75) is 45.3 Å². The quantitative estimate of drug-likeness (QED) is 0.819. The zero-order valence-electron chi connectivity index (χ0n) is 10.9. The standard InChI is InChI=1S/C13H17IN4S/c1-2-18-8-16-17-13(18)7-15-10-4-3-5-11-9(10)6-12(14)19-11/h6,8,10,15H,2-5,7H2,1H3. The molecule has 1 aliphatic carbocycles. The molecule has 0 fully saturated rings. The van der Waals surface area contributed by atoms with E-state index in [9.17, 15) is 0 Å². The number of fused-ring (bicyclic) bond motifs is 1. The molecule has 2 heterocycles. The minimum Gasteiger partial charge on any atom is -0.317 e. The molecule has 0 bridgehead atoms. The van der Waals surface area contributed by atoms with Crippen LogP contribution in [0.25, 0.3) is 0 Å². The monoisotopic (exact) mass is 388 g/mol. The van der Waals surface area contributed by atoms with Crippen LogP contribution in [-0.2, 0) is 19.5 Å². The van der Waals surface area contributed by atoms with E-state index in [-0.39, 0.29) is 0 Å². The van der Waals surface area contributed by atoms with Crippen LogP contribution in [0.2, 0.25) is 0 Å². The molecule has 1 atom stereocenters. The first-order valence-corrected chi connectivity index (χ1v) is 8.55. The lowest BCUT2D eigenvalue weighted by Gasteiger charge is -2.23. The van der Waals surface area contributed by atoms with Crippen LogP contribution in [0.5, 0.6) is 0 Å². The molecule has 0 aromatic carbocycles. The fourth-order valence-corrected chi connectivity index (χ4v) is 4.75. The topological polar surface area (TPSA) is 42.7 Å². The number of aryl methyl sites for hydroxylation is 2. The number of hydrogen-bond acceptors (Lipinski definition) is 4. The highest BCUT2D eigenvalue weighted by atomic mass is 127. The summed E-state index contributed by atoms with van der Waals surface area (Å²) in [4.78, 5) is 1.56. The Morgan fingerprint density at radius 1 is 1.58 bits per heavy atom. The van der Waals surface area contributed by atoms with Crippen molar-refractivity contribution in [3.63, 3.8) is 0 Å². The number of nitrogens with one attached hydrogen (secondary N) is 1. The number of nitrogens with zero attached hydrogens (tertiary/aromatic N) is 3. The summed E-state index contributed by atoms with van der Waals surface area (Å²) >= 11 is 4.36. The summed E-state index contributed by atoms with van der Waals surface area (Å²) in [5.74, 6) is 1.03. The first-order chi connectivity index (χ1) is 9.28. The van der Waals surface area contributed by atoms with Gasteiger partial charge in [0.05, 0.1) is 9.43 Å². The molecule has 0 aliphatic heterocycles. The Morgan fingerprint density at radius 3 is 3.32 bits per heavy atom. The van der Waals surface area contributed by atoms with Gasteiger partial charge in [-0.3, -0.25) is 0 Å². The Hall–Kier alpha value is -0.470. The second-order valence-electron chi connectivity index (χ2n) is 4.79. The lowest BCUT2D eigenvalue weighted by Crippen LogP contribution is -2.25. The van der Waals surface area contributed by atoms with Gasteiger partial charge in [0, 0.05) is 17.5 Å². The second-order valence-corrected chi connectivity index (χ2v) is 7.82. The van der Waals surface area contributed by atoms with Crippen LogP contribution in [0.15, 0.2) is 12.4 Å². The molecule has 3 rings (SSSR count). The van der Waals surface area contributed by atoms with Gasteiger partial charge in [-0.15, -0.1) is 21.5 Å². The number of rotatable bonds is 4. The first-order valence-electron chi connectivity index (χ1n) is 6.66. The molecule has 0 saturated carbocycles. The second kappa shape index (κ2) is 5.88. The van der Waals surface area contributed by atoms with Gasteiger partial charge in [-0.1, -0.05) is 0 Å².